The van der Waals surface area contributed by atoms with Crippen LogP contribution in [0.4, 0.5) is 5.69 Å². The molecule has 1 fully saturated rings. The molecule has 1 saturated carbocycles. The fraction of sp³-hybridized carbons (Fsp3) is 0.500. The SMILES string of the molecule is Cc1cccc(CN(C(=O)CCCN(c2cccc(Cl)c2)S(C)(=O)=O)[C@@H](C)C(=O)NC2CCCCC2)c1. The van der Waals surface area contributed by atoms with E-state index in [0.29, 0.717) is 23.7 Å². The number of hydrogen-bond donors (Lipinski definition) is 1. The molecule has 1 aliphatic carbocycles. The highest BCUT2D eigenvalue weighted by molar-refractivity contribution is 7.92. The van der Waals surface area contributed by atoms with Crippen molar-refractivity contribution in [3.63, 3.8) is 0 Å². The smallest absolute Gasteiger partial charge is 0.242 e. The van der Waals surface area contributed by atoms with Crippen LogP contribution in [0.3, 0.4) is 0 Å². The van der Waals surface area contributed by atoms with Crippen LogP contribution in [-0.4, -0.2) is 50.0 Å². The molecule has 2 aromatic carbocycles. The maximum Gasteiger partial charge on any atom is 0.242 e. The minimum atomic E-state index is -3.57. The van der Waals surface area contributed by atoms with E-state index in [2.05, 4.69) is 5.32 Å². The molecule has 0 heterocycles. The van der Waals surface area contributed by atoms with E-state index < -0.39 is 16.1 Å². The maximum absolute atomic E-state index is 13.4. The van der Waals surface area contributed by atoms with Crippen LogP contribution in [0.1, 0.15) is 63.0 Å². The Morgan fingerprint density at radius 3 is 2.43 bits per heavy atom. The zero-order valence-electron chi connectivity index (χ0n) is 22.0. The molecule has 1 aliphatic rings. The third-order valence-electron chi connectivity index (χ3n) is 6.80. The first-order valence-electron chi connectivity index (χ1n) is 12.9. The first kappa shape index (κ1) is 29.0. The predicted molar refractivity (Wildman–Crippen MR) is 149 cm³/mol. The fourth-order valence-corrected chi connectivity index (χ4v) is 5.94. The van der Waals surface area contributed by atoms with Gasteiger partial charge in [0.25, 0.3) is 0 Å². The summed E-state index contributed by atoms with van der Waals surface area (Å²) in [5.41, 5.74) is 2.48. The standard InChI is InChI=1S/C28H38ClN3O4S/c1-21-10-7-11-23(18-21)20-31(22(2)28(34)30-25-13-5-4-6-14-25)27(33)16-9-17-32(37(3,35)36)26-15-8-12-24(29)19-26/h7-8,10-12,15,18-19,22,25H,4-6,9,13-14,16-17,20H2,1-3H3,(H,30,34)/t22-/m0/s1. The number of amides is 2. The quantitative estimate of drug-likeness (QED) is 0.426. The summed E-state index contributed by atoms with van der Waals surface area (Å²) >= 11 is 6.07. The molecule has 2 amide bonds. The van der Waals surface area contributed by atoms with Crippen LogP contribution in [0.2, 0.25) is 5.02 Å². The zero-order valence-corrected chi connectivity index (χ0v) is 23.5. The highest BCUT2D eigenvalue weighted by atomic mass is 35.5. The topological polar surface area (TPSA) is 86.8 Å². The average Bonchev–Trinajstić information content (AvgIpc) is 2.84. The third-order valence-corrected chi connectivity index (χ3v) is 8.23. The van der Waals surface area contributed by atoms with Crippen LogP contribution in [0, 0.1) is 6.92 Å². The second-order valence-corrected chi connectivity index (χ2v) is 12.3. The molecule has 0 aliphatic heterocycles. The first-order valence-corrected chi connectivity index (χ1v) is 15.2. The number of sulfonamides is 1. The lowest BCUT2D eigenvalue weighted by Gasteiger charge is -2.31. The molecule has 3 rings (SSSR count). The Hall–Kier alpha value is -2.58. The van der Waals surface area contributed by atoms with Gasteiger partial charge in [0.2, 0.25) is 21.8 Å². The summed E-state index contributed by atoms with van der Waals surface area (Å²) in [6.45, 7) is 4.20. The van der Waals surface area contributed by atoms with Crippen molar-refractivity contribution in [1.82, 2.24) is 10.2 Å². The van der Waals surface area contributed by atoms with Crippen LogP contribution >= 0.6 is 11.6 Å². The molecule has 0 bridgehead atoms. The summed E-state index contributed by atoms with van der Waals surface area (Å²) in [7, 11) is -3.57. The number of carbonyl (C=O) groups is 2. The number of halogens is 1. The van der Waals surface area contributed by atoms with E-state index in [4.69, 9.17) is 11.6 Å². The van der Waals surface area contributed by atoms with Gasteiger partial charge in [-0.25, -0.2) is 8.42 Å². The molecule has 37 heavy (non-hydrogen) atoms. The Kier molecular flexibility index (Phi) is 10.4. The number of nitrogens with one attached hydrogen (secondary N) is 1. The van der Waals surface area contributed by atoms with Crippen molar-refractivity contribution in [2.75, 3.05) is 17.1 Å². The van der Waals surface area contributed by atoms with Crippen molar-refractivity contribution < 1.29 is 18.0 Å². The van der Waals surface area contributed by atoms with Crippen molar-refractivity contribution in [3.05, 3.63) is 64.7 Å². The van der Waals surface area contributed by atoms with Crippen LogP contribution in [0.25, 0.3) is 0 Å². The Morgan fingerprint density at radius 1 is 1.08 bits per heavy atom. The van der Waals surface area contributed by atoms with Crippen molar-refractivity contribution >= 4 is 39.1 Å². The fourth-order valence-electron chi connectivity index (χ4n) is 4.79. The van der Waals surface area contributed by atoms with Gasteiger partial charge in [-0.3, -0.25) is 13.9 Å². The largest absolute Gasteiger partial charge is 0.352 e. The average molecular weight is 548 g/mol. The van der Waals surface area contributed by atoms with Gasteiger partial charge in [-0.05, 0) is 56.9 Å². The number of carbonyl (C=O) groups excluding carboxylic acids is 2. The Bertz CT molecular complexity index is 1180. The Labute approximate surface area is 226 Å². The normalized spacial score (nSPS) is 15.1. The van der Waals surface area contributed by atoms with Crippen molar-refractivity contribution in [2.24, 2.45) is 0 Å². The zero-order chi connectivity index (χ0) is 27.0. The summed E-state index contributed by atoms with van der Waals surface area (Å²) in [6, 6.07) is 14.0. The number of nitrogens with zero attached hydrogens (tertiary/aromatic N) is 2. The van der Waals surface area contributed by atoms with E-state index in [1.54, 1.807) is 36.1 Å². The molecule has 202 valence electrons. The van der Waals surface area contributed by atoms with E-state index in [1.807, 2.05) is 31.2 Å². The molecule has 9 heteroatoms. The van der Waals surface area contributed by atoms with Gasteiger partial charge in [-0.15, -0.1) is 0 Å². The van der Waals surface area contributed by atoms with Gasteiger partial charge >= 0.3 is 0 Å². The highest BCUT2D eigenvalue weighted by Crippen LogP contribution is 2.23. The van der Waals surface area contributed by atoms with Crippen LogP contribution in [-0.2, 0) is 26.2 Å². The van der Waals surface area contributed by atoms with Crippen LogP contribution < -0.4 is 9.62 Å². The lowest BCUT2D eigenvalue weighted by molar-refractivity contribution is -0.141. The lowest BCUT2D eigenvalue weighted by atomic mass is 9.95. The minimum Gasteiger partial charge on any atom is -0.352 e. The summed E-state index contributed by atoms with van der Waals surface area (Å²) in [4.78, 5) is 28.2. The Balaban J connectivity index is 1.71. The molecular formula is C28H38ClN3O4S. The molecule has 0 aromatic heterocycles. The van der Waals surface area contributed by atoms with Gasteiger partial charge in [0.1, 0.15) is 6.04 Å². The summed E-state index contributed by atoms with van der Waals surface area (Å²) in [5, 5.41) is 3.57. The van der Waals surface area contributed by atoms with E-state index in [-0.39, 0.29) is 30.8 Å². The number of hydrogen-bond acceptors (Lipinski definition) is 4. The molecule has 0 saturated heterocycles. The molecule has 0 unspecified atom stereocenters. The van der Waals surface area contributed by atoms with Crippen molar-refractivity contribution in [2.45, 2.75) is 77.4 Å². The monoisotopic (exact) mass is 547 g/mol. The summed E-state index contributed by atoms with van der Waals surface area (Å²) < 4.78 is 26.2. The Morgan fingerprint density at radius 2 is 1.78 bits per heavy atom. The molecule has 0 spiro atoms. The number of aryl methyl sites for hydroxylation is 1. The van der Waals surface area contributed by atoms with E-state index in [0.717, 1.165) is 43.1 Å². The van der Waals surface area contributed by atoms with Gasteiger partial charge in [-0.2, -0.15) is 0 Å². The molecule has 1 N–H and O–H groups in total. The minimum absolute atomic E-state index is 0.111. The van der Waals surface area contributed by atoms with Gasteiger partial charge < -0.3 is 10.2 Å². The van der Waals surface area contributed by atoms with Crippen LogP contribution in [0.15, 0.2) is 48.5 Å². The van der Waals surface area contributed by atoms with Gasteiger partial charge in [0, 0.05) is 30.6 Å². The number of rotatable bonds is 11. The first-order chi connectivity index (χ1) is 17.5. The summed E-state index contributed by atoms with van der Waals surface area (Å²) in [6.07, 6.45) is 6.89. The number of benzene rings is 2. The molecule has 0 radical (unpaired) electrons. The molecule has 1 atom stereocenters. The molecular weight excluding hydrogens is 510 g/mol. The third kappa shape index (κ3) is 8.75. The van der Waals surface area contributed by atoms with Gasteiger partial charge in [0.05, 0.1) is 11.9 Å². The van der Waals surface area contributed by atoms with E-state index >= 15 is 0 Å². The number of anilines is 1. The second-order valence-electron chi connectivity index (χ2n) is 9.95. The molecule has 7 nitrogen and oxygen atoms in total. The lowest BCUT2D eigenvalue weighted by Crippen LogP contribution is -2.50. The predicted octanol–water partition coefficient (Wildman–Crippen LogP) is 5.06. The maximum atomic E-state index is 13.4. The summed E-state index contributed by atoms with van der Waals surface area (Å²) in [5.74, 6) is -0.336. The van der Waals surface area contributed by atoms with Crippen molar-refractivity contribution in [3.8, 4) is 0 Å². The van der Waals surface area contributed by atoms with Gasteiger partial charge in [0.15, 0.2) is 0 Å². The van der Waals surface area contributed by atoms with E-state index in [1.165, 1.54) is 10.7 Å². The van der Waals surface area contributed by atoms with Gasteiger partial charge in [-0.1, -0.05) is 66.8 Å². The highest BCUT2D eigenvalue weighted by Gasteiger charge is 2.28. The van der Waals surface area contributed by atoms with Crippen LogP contribution in [0.5, 0.6) is 0 Å². The van der Waals surface area contributed by atoms with E-state index in [9.17, 15) is 18.0 Å². The second kappa shape index (κ2) is 13.3. The molecule has 2 aromatic rings. The van der Waals surface area contributed by atoms with Crippen molar-refractivity contribution in [1.29, 1.82) is 0 Å².